The van der Waals surface area contributed by atoms with Crippen LogP contribution in [0.1, 0.15) is 29.9 Å². The van der Waals surface area contributed by atoms with E-state index in [1.165, 1.54) is 29.7 Å². The summed E-state index contributed by atoms with van der Waals surface area (Å²) in [4.78, 5) is 0. The van der Waals surface area contributed by atoms with Crippen LogP contribution in [-0.2, 0) is 0 Å². The molecule has 2 aromatic carbocycles. The van der Waals surface area contributed by atoms with Gasteiger partial charge in [-0.25, -0.2) is 0 Å². The minimum absolute atomic E-state index is 0.622. The van der Waals surface area contributed by atoms with Crippen LogP contribution in [-0.4, -0.2) is 6.04 Å². The van der Waals surface area contributed by atoms with Crippen LogP contribution in [0.5, 0.6) is 0 Å². The number of nitrogens with one attached hydrogen (secondary N) is 1. The molecule has 3 rings (SSSR count). The third kappa shape index (κ3) is 3.01. The molecule has 0 saturated heterocycles. The topological polar surface area (TPSA) is 12.0 Å². The van der Waals surface area contributed by atoms with Gasteiger partial charge in [-0.1, -0.05) is 45.8 Å². The molecule has 0 unspecified atom stereocenters. The van der Waals surface area contributed by atoms with Gasteiger partial charge in [-0.3, -0.25) is 0 Å². The zero-order valence-corrected chi connectivity index (χ0v) is 12.7. The fourth-order valence-electron chi connectivity index (χ4n) is 2.63. The summed E-state index contributed by atoms with van der Waals surface area (Å²) in [5, 5.41) is 3.61. The second-order valence-electron chi connectivity index (χ2n) is 5.43. The van der Waals surface area contributed by atoms with E-state index in [9.17, 15) is 0 Å². The maximum atomic E-state index is 3.61. The summed E-state index contributed by atoms with van der Waals surface area (Å²) in [6.45, 7) is 2.12. The molecule has 0 heterocycles. The van der Waals surface area contributed by atoms with E-state index in [1.807, 2.05) is 0 Å². The van der Waals surface area contributed by atoms with E-state index < -0.39 is 0 Å². The van der Waals surface area contributed by atoms with Gasteiger partial charge in [-0.05, 0) is 55.5 Å². The van der Waals surface area contributed by atoms with E-state index in [0.29, 0.717) is 6.04 Å². The lowest BCUT2D eigenvalue weighted by atomic mass is 9.76. The van der Waals surface area contributed by atoms with E-state index >= 15 is 0 Å². The van der Waals surface area contributed by atoms with Gasteiger partial charge in [0.1, 0.15) is 0 Å². The largest absolute Gasteiger partial charge is 0.382 e. The van der Waals surface area contributed by atoms with Crippen LogP contribution in [0.25, 0.3) is 0 Å². The molecule has 19 heavy (non-hydrogen) atoms. The predicted molar refractivity (Wildman–Crippen MR) is 84.7 cm³/mol. The first-order chi connectivity index (χ1) is 9.20. The van der Waals surface area contributed by atoms with Gasteiger partial charge in [-0.2, -0.15) is 0 Å². The molecular weight excluding hydrogens is 298 g/mol. The van der Waals surface area contributed by atoms with Crippen molar-refractivity contribution >= 4 is 21.6 Å². The van der Waals surface area contributed by atoms with E-state index in [2.05, 4.69) is 76.7 Å². The molecule has 1 nitrogen and oxygen atoms in total. The maximum absolute atomic E-state index is 3.61. The summed E-state index contributed by atoms with van der Waals surface area (Å²) >= 11 is 3.48. The third-order valence-electron chi connectivity index (χ3n) is 3.90. The Morgan fingerprint density at radius 3 is 2.21 bits per heavy atom. The van der Waals surface area contributed by atoms with Gasteiger partial charge in [0, 0.05) is 16.2 Å². The Morgan fingerprint density at radius 2 is 1.58 bits per heavy atom. The first-order valence-corrected chi connectivity index (χ1v) is 7.59. The van der Waals surface area contributed by atoms with E-state index in [4.69, 9.17) is 0 Å². The molecule has 0 spiro atoms. The summed E-state index contributed by atoms with van der Waals surface area (Å²) < 4.78 is 1.16. The Labute approximate surface area is 123 Å². The first-order valence-electron chi connectivity index (χ1n) is 6.79. The molecule has 0 atom stereocenters. The van der Waals surface area contributed by atoms with Gasteiger partial charge in [0.25, 0.3) is 0 Å². The van der Waals surface area contributed by atoms with Gasteiger partial charge in [0.15, 0.2) is 0 Å². The number of aryl methyl sites for hydroxylation is 1. The van der Waals surface area contributed by atoms with Crippen LogP contribution in [0, 0.1) is 6.92 Å². The highest BCUT2D eigenvalue weighted by Gasteiger charge is 2.29. The zero-order valence-electron chi connectivity index (χ0n) is 11.1. The van der Waals surface area contributed by atoms with Crippen molar-refractivity contribution in [2.45, 2.75) is 31.7 Å². The number of hydrogen-bond donors (Lipinski definition) is 1. The fourth-order valence-corrected chi connectivity index (χ4v) is 2.89. The number of hydrogen-bond acceptors (Lipinski definition) is 1. The van der Waals surface area contributed by atoms with Gasteiger partial charge in [0.2, 0.25) is 0 Å². The average molecular weight is 316 g/mol. The Bertz CT molecular complexity index is 538. The lowest BCUT2D eigenvalue weighted by Gasteiger charge is -2.37. The van der Waals surface area contributed by atoms with Crippen LogP contribution in [0.3, 0.4) is 0 Å². The van der Waals surface area contributed by atoms with Crippen molar-refractivity contribution in [2.75, 3.05) is 5.32 Å². The highest BCUT2D eigenvalue weighted by atomic mass is 79.9. The molecule has 1 fully saturated rings. The van der Waals surface area contributed by atoms with Gasteiger partial charge in [0.05, 0.1) is 0 Å². The molecule has 1 saturated carbocycles. The molecule has 2 aromatic rings. The summed E-state index contributed by atoms with van der Waals surface area (Å²) in [6.07, 6.45) is 2.46. The van der Waals surface area contributed by atoms with Crippen molar-refractivity contribution in [3.63, 3.8) is 0 Å². The van der Waals surface area contributed by atoms with Crippen molar-refractivity contribution in [3.8, 4) is 0 Å². The van der Waals surface area contributed by atoms with Crippen LogP contribution in [0.4, 0.5) is 5.69 Å². The number of halogens is 1. The van der Waals surface area contributed by atoms with Gasteiger partial charge >= 0.3 is 0 Å². The minimum Gasteiger partial charge on any atom is -0.382 e. The zero-order chi connectivity index (χ0) is 13.2. The van der Waals surface area contributed by atoms with Crippen LogP contribution >= 0.6 is 15.9 Å². The number of rotatable bonds is 3. The fraction of sp³-hybridized carbons (Fsp3) is 0.294. The normalized spacial score (nSPS) is 21.8. The average Bonchev–Trinajstić information content (AvgIpc) is 2.37. The summed E-state index contributed by atoms with van der Waals surface area (Å²) in [7, 11) is 0. The number of anilines is 1. The Morgan fingerprint density at radius 1 is 0.947 bits per heavy atom. The smallest absolute Gasteiger partial charge is 0.0342 e. The SMILES string of the molecule is Cc1ccc(NC2CC(c3ccc(Br)cc3)C2)cc1. The molecule has 0 aromatic heterocycles. The molecule has 1 aliphatic carbocycles. The Kier molecular flexibility index (Phi) is 3.61. The summed E-state index contributed by atoms with van der Waals surface area (Å²) in [5.74, 6) is 0.719. The molecule has 0 amide bonds. The van der Waals surface area contributed by atoms with Crippen LogP contribution in [0.15, 0.2) is 53.0 Å². The van der Waals surface area contributed by atoms with Crippen LogP contribution < -0.4 is 5.32 Å². The molecule has 2 heteroatoms. The molecule has 0 bridgehead atoms. The van der Waals surface area contributed by atoms with E-state index in [-0.39, 0.29) is 0 Å². The number of benzene rings is 2. The van der Waals surface area contributed by atoms with Crippen molar-refractivity contribution in [3.05, 3.63) is 64.1 Å². The monoisotopic (exact) mass is 315 g/mol. The van der Waals surface area contributed by atoms with E-state index in [0.717, 1.165) is 10.4 Å². The summed E-state index contributed by atoms with van der Waals surface area (Å²) in [6, 6.07) is 18.0. The highest BCUT2D eigenvalue weighted by molar-refractivity contribution is 9.10. The van der Waals surface area contributed by atoms with Crippen molar-refractivity contribution in [2.24, 2.45) is 0 Å². The molecule has 98 valence electrons. The van der Waals surface area contributed by atoms with Crippen LogP contribution in [0.2, 0.25) is 0 Å². The van der Waals surface area contributed by atoms with Crippen molar-refractivity contribution in [1.29, 1.82) is 0 Å². The third-order valence-corrected chi connectivity index (χ3v) is 4.43. The van der Waals surface area contributed by atoms with Crippen molar-refractivity contribution in [1.82, 2.24) is 0 Å². The summed E-state index contributed by atoms with van der Waals surface area (Å²) in [5.41, 5.74) is 4.02. The predicted octanol–water partition coefficient (Wildman–Crippen LogP) is 5.12. The van der Waals surface area contributed by atoms with Crippen molar-refractivity contribution < 1.29 is 0 Å². The van der Waals surface area contributed by atoms with Gasteiger partial charge < -0.3 is 5.32 Å². The quantitative estimate of drug-likeness (QED) is 0.829. The Balaban J connectivity index is 1.55. The lowest BCUT2D eigenvalue weighted by molar-refractivity contribution is 0.374. The molecular formula is C17H18BrN. The Hall–Kier alpha value is -1.28. The molecule has 0 radical (unpaired) electrons. The molecule has 1 N–H and O–H groups in total. The molecule has 0 aliphatic heterocycles. The maximum Gasteiger partial charge on any atom is 0.0342 e. The minimum atomic E-state index is 0.622. The molecule has 1 aliphatic rings. The van der Waals surface area contributed by atoms with E-state index in [1.54, 1.807) is 0 Å². The lowest BCUT2D eigenvalue weighted by Crippen LogP contribution is -2.33. The first kappa shape index (κ1) is 12.7. The standard InChI is InChI=1S/C17H18BrN/c1-12-2-8-16(9-3-12)19-17-10-14(11-17)13-4-6-15(18)7-5-13/h2-9,14,17,19H,10-11H2,1H3. The second kappa shape index (κ2) is 5.38. The second-order valence-corrected chi connectivity index (χ2v) is 6.34. The van der Waals surface area contributed by atoms with Gasteiger partial charge in [-0.15, -0.1) is 0 Å². The highest BCUT2D eigenvalue weighted by Crippen LogP contribution is 2.38.